The highest BCUT2D eigenvalue weighted by atomic mass is 15.3. The Balaban J connectivity index is 1.87. The lowest BCUT2D eigenvalue weighted by atomic mass is 9.84. The molecule has 1 saturated carbocycles. The van der Waals surface area contributed by atoms with Gasteiger partial charge in [0.05, 0.1) is 0 Å². The Kier molecular flexibility index (Phi) is 3.45. The predicted octanol–water partition coefficient (Wildman–Crippen LogP) is 1.81. The van der Waals surface area contributed by atoms with E-state index in [1.54, 1.807) is 0 Å². The average Bonchev–Trinajstić information content (AvgIpc) is 2.20. The third-order valence-corrected chi connectivity index (χ3v) is 4.07. The molecule has 0 bridgehead atoms. The minimum atomic E-state index is 0.900. The lowest BCUT2D eigenvalue weighted by Crippen LogP contribution is -2.51. The highest BCUT2D eigenvalue weighted by molar-refractivity contribution is 4.83. The minimum Gasteiger partial charge on any atom is -0.304 e. The number of likely N-dealkylation sites (N-methyl/N-ethyl adjacent to an activating group) is 1. The SMILES string of the molecule is C[C@@H]1CCCCC1N1CCN(C)CC1. The van der Waals surface area contributed by atoms with Gasteiger partial charge in [0.25, 0.3) is 0 Å². The molecule has 1 unspecified atom stereocenters. The van der Waals surface area contributed by atoms with Gasteiger partial charge < -0.3 is 4.90 Å². The summed E-state index contributed by atoms with van der Waals surface area (Å²) in [6, 6.07) is 0.900. The van der Waals surface area contributed by atoms with Crippen LogP contribution in [0.25, 0.3) is 0 Å². The van der Waals surface area contributed by atoms with E-state index in [0.717, 1.165) is 12.0 Å². The van der Waals surface area contributed by atoms with Gasteiger partial charge in [-0.2, -0.15) is 0 Å². The summed E-state index contributed by atoms with van der Waals surface area (Å²) in [4.78, 5) is 5.19. The standard InChI is InChI=1S/C12H24N2/c1-11-5-3-4-6-12(11)14-9-7-13(2)8-10-14/h11-12H,3-10H2,1-2H3/t11-,12?/m1/s1. The van der Waals surface area contributed by atoms with Crippen molar-refractivity contribution in [3.05, 3.63) is 0 Å². The number of rotatable bonds is 1. The van der Waals surface area contributed by atoms with E-state index < -0.39 is 0 Å². The predicted molar refractivity (Wildman–Crippen MR) is 60.5 cm³/mol. The Labute approximate surface area is 88.3 Å². The molecule has 2 rings (SSSR count). The fourth-order valence-electron chi connectivity index (χ4n) is 2.99. The van der Waals surface area contributed by atoms with Crippen molar-refractivity contribution >= 4 is 0 Å². The third kappa shape index (κ3) is 2.29. The zero-order valence-corrected chi connectivity index (χ0v) is 9.71. The van der Waals surface area contributed by atoms with Gasteiger partial charge in [-0.15, -0.1) is 0 Å². The molecule has 1 aliphatic carbocycles. The number of hydrogen-bond donors (Lipinski definition) is 0. The van der Waals surface area contributed by atoms with Crippen LogP contribution < -0.4 is 0 Å². The van der Waals surface area contributed by atoms with Gasteiger partial charge in [-0.25, -0.2) is 0 Å². The van der Waals surface area contributed by atoms with Crippen LogP contribution >= 0.6 is 0 Å². The minimum absolute atomic E-state index is 0.900. The molecule has 0 amide bonds. The molecule has 1 saturated heterocycles. The maximum atomic E-state index is 2.74. The molecule has 2 nitrogen and oxygen atoms in total. The summed E-state index contributed by atoms with van der Waals surface area (Å²) in [5.74, 6) is 0.937. The molecule has 0 N–H and O–H groups in total. The van der Waals surface area contributed by atoms with Crippen molar-refractivity contribution in [2.75, 3.05) is 33.2 Å². The topological polar surface area (TPSA) is 6.48 Å². The second-order valence-corrected chi connectivity index (χ2v) is 5.17. The van der Waals surface area contributed by atoms with E-state index >= 15 is 0 Å². The van der Waals surface area contributed by atoms with Crippen LogP contribution in [0.5, 0.6) is 0 Å². The monoisotopic (exact) mass is 196 g/mol. The molecule has 0 aromatic heterocycles. The Morgan fingerprint density at radius 1 is 0.929 bits per heavy atom. The van der Waals surface area contributed by atoms with Gasteiger partial charge in [-0.05, 0) is 25.8 Å². The highest BCUT2D eigenvalue weighted by Gasteiger charge is 2.28. The van der Waals surface area contributed by atoms with Crippen molar-refractivity contribution in [1.82, 2.24) is 9.80 Å². The summed E-state index contributed by atoms with van der Waals surface area (Å²) < 4.78 is 0. The molecule has 1 heterocycles. The van der Waals surface area contributed by atoms with Crippen molar-refractivity contribution in [3.63, 3.8) is 0 Å². The molecule has 2 aliphatic rings. The van der Waals surface area contributed by atoms with Gasteiger partial charge in [0.1, 0.15) is 0 Å². The van der Waals surface area contributed by atoms with Crippen LogP contribution in [0.4, 0.5) is 0 Å². The smallest absolute Gasteiger partial charge is 0.0122 e. The second kappa shape index (κ2) is 4.63. The van der Waals surface area contributed by atoms with E-state index in [1.165, 1.54) is 51.9 Å². The van der Waals surface area contributed by atoms with Gasteiger partial charge >= 0.3 is 0 Å². The summed E-state index contributed by atoms with van der Waals surface area (Å²) in [6.07, 6.45) is 5.83. The lowest BCUT2D eigenvalue weighted by Gasteiger charge is -2.42. The van der Waals surface area contributed by atoms with E-state index in [-0.39, 0.29) is 0 Å². The van der Waals surface area contributed by atoms with E-state index in [4.69, 9.17) is 0 Å². The largest absolute Gasteiger partial charge is 0.304 e. The fraction of sp³-hybridized carbons (Fsp3) is 1.00. The molecule has 2 heteroatoms. The fourth-order valence-corrected chi connectivity index (χ4v) is 2.99. The number of piperazine rings is 1. The molecule has 14 heavy (non-hydrogen) atoms. The average molecular weight is 196 g/mol. The molecule has 2 fully saturated rings. The van der Waals surface area contributed by atoms with Crippen molar-refractivity contribution in [3.8, 4) is 0 Å². The number of nitrogens with zero attached hydrogens (tertiary/aromatic N) is 2. The first-order valence-electron chi connectivity index (χ1n) is 6.20. The van der Waals surface area contributed by atoms with Crippen molar-refractivity contribution in [1.29, 1.82) is 0 Å². The van der Waals surface area contributed by atoms with Gasteiger partial charge in [0.2, 0.25) is 0 Å². The summed E-state index contributed by atoms with van der Waals surface area (Å²) in [5, 5.41) is 0. The first-order chi connectivity index (χ1) is 6.77. The lowest BCUT2D eigenvalue weighted by molar-refractivity contribution is 0.0637. The normalized spacial score (nSPS) is 37.3. The molecule has 0 aromatic carbocycles. The zero-order valence-electron chi connectivity index (χ0n) is 9.71. The van der Waals surface area contributed by atoms with Crippen molar-refractivity contribution < 1.29 is 0 Å². The van der Waals surface area contributed by atoms with Crippen LogP contribution in [-0.2, 0) is 0 Å². The van der Waals surface area contributed by atoms with E-state index in [2.05, 4.69) is 23.8 Å². The second-order valence-electron chi connectivity index (χ2n) is 5.17. The third-order valence-electron chi connectivity index (χ3n) is 4.07. The van der Waals surface area contributed by atoms with Gasteiger partial charge in [-0.3, -0.25) is 4.90 Å². The van der Waals surface area contributed by atoms with Crippen LogP contribution in [0.1, 0.15) is 32.6 Å². The van der Waals surface area contributed by atoms with Gasteiger partial charge in [-0.1, -0.05) is 19.8 Å². The van der Waals surface area contributed by atoms with Gasteiger partial charge in [0, 0.05) is 32.2 Å². The summed E-state index contributed by atoms with van der Waals surface area (Å²) in [7, 11) is 2.24. The number of hydrogen-bond acceptors (Lipinski definition) is 2. The Hall–Kier alpha value is -0.0800. The summed E-state index contributed by atoms with van der Waals surface area (Å²) in [5.41, 5.74) is 0. The van der Waals surface area contributed by atoms with Crippen LogP contribution in [0.3, 0.4) is 0 Å². The van der Waals surface area contributed by atoms with Crippen molar-refractivity contribution in [2.45, 2.75) is 38.6 Å². The maximum Gasteiger partial charge on any atom is 0.0122 e. The quantitative estimate of drug-likeness (QED) is 0.631. The Morgan fingerprint density at radius 3 is 2.21 bits per heavy atom. The molecule has 0 spiro atoms. The van der Waals surface area contributed by atoms with E-state index in [9.17, 15) is 0 Å². The summed E-state index contributed by atoms with van der Waals surface area (Å²) >= 11 is 0. The van der Waals surface area contributed by atoms with Crippen molar-refractivity contribution in [2.24, 2.45) is 5.92 Å². The molecule has 0 radical (unpaired) electrons. The Morgan fingerprint density at radius 2 is 1.57 bits per heavy atom. The molecule has 82 valence electrons. The van der Waals surface area contributed by atoms with Crippen LogP contribution in [-0.4, -0.2) is 49.1 Å². The molecule has 1 aliphatic heterocycles. The molecule has 2 atom stereocenters. The van der Waals surface area contributed by atoms with Crippen LogP contribution in [0.2, 0.25) is 0 Å². The van der Waals surface area contributed by atoms with Gasteiger partial charge in [0.15, 0.2) is 0 Å². The van der Waals surface area contributed by atoms with E-state index in [1.807, 2.05) is 0 Å². The molecular weight excluding hydrogens is 172 g/mol. The highest BCUT2D eigenvalue weighted by Crippen LogP contribution is 2.28. The summed E-state index contributed by atoms with van der Waals surface area (Å²) in [6.45, 7) is 7.58. The molecule has 0 aromatic rings. The maximum absolute atomic E-state index is 2.74. The van der Waals surface area contributed by atoms with Crippen LogP contribution in [0.15, 0.2) is 0 Å². The molecular formula is C12H24N2. The van der Waals surface area contributed by atoms with E-state index in [0.29, 0.717) is 0 Å². The first-order valence-corrected chi connectivity index (χ1v) is 6.20. The van der Waals surface area contributed by atoms with Crippen LogP contribution in [0, 0.1) is 5.92 Å². The first kappa shape index (κ1) is 10.4. The zero-order chi connectivity index (χ0) is 9.97. The Bertz CT molecular complexity index is 173.